The van der Waals surface area contributed by atoms with Gasteiger partial charge in [0.2, 0.25) is 0 Å². The summed E-state index contributed by atoms with van der Waals surface area (Å²) >= 11 is 0. The largest absolute Gasteiger partial charge is 0.493 e. The zero-order valence-electron chi connectivity index (χ0n) is 11.8. The number of rotatable bonds is 5. The number of ether oxygens (including phenoxy) is 3. The van der Waals surface area contributed by atoms with Crippen LogP contribution in [0.5, 0.6) is 11.5 Å². The highest BCUT2D eigenvalue weighted by atomic mass is 16.5. The van der Waals surface area contributed by atoms with Gasteiger partial charge in [0.25, 0.3) is 5.91 Å². The number of aromatic carboxylic acids is 1. The summed E-state index contributed by atoms with van der Waals surface area (Å²) in [5.41, 5.74) is 0.0830. The molecular weight excluding hydrogens is 278 g/mol. The standard InChI is InChI=1S/C14H17NO6/c1-19-11-6-8(14(17)18)9(7-12(11)20-2)15-13(16)10-4-3-5-21-10/h6-7,10H,3-5H2,1-2H3,(H,15,16)(H,17,18)/t10-/m1/s1. The molecule has 2 N–H and O–H groups in total. The summed E-state index contributed by atoms with van der Waals surface area (Å²) in [6.07, 6.45) is 0.900. The van der Waals surface area contributed by atoms with E-state index < -0.39 is 12.1 Å². The van der Waals surface area contributed by atoms with Crippen molar-refractivity contribution in [3.8, 4) is 11.5 Å². The third kappa shape index (κ3) is 3.25. The van der Waals surface area contributed by atoms with E-state index in [0.717, 1.165) is 6.42 Å². The predicted molar refractivity (Wildman–Crippen MR) is 74.1 cm³/mol. The number of carbonyl (C=O) groups is 2. The Kier molecular flexibility index (Phi) is 4.64. The van der Waals surface area contributed by atoms with Gasteiger partial charge in [0, 0.05) is 18.7 Å². The van der Waals surface area contributed by atoms with Gasteiger partial charge in [-0.3, -0.25) is 4.79 Å². The molecule has 7 heteroatoms. The molecular formula is C14H17NO6. The van der Waals surface area contributed by atoms with E-state index in [-0.39, 0.29) is 22.9 Å². The van der Waals surface area contributed by atoms with Crippen LogP contribution in [0.4, 0.5) is 5.69 Å². The number of hydrogen-bond acceptors (Lipinski definition) is 5. The van der Waals surface area contributed by atoms with Crippen molar-refractivity contribution in [2.24, 2.45) is 0 Å². The lowest BCUT2D eigenvalue weighted by Crippen LogP contribution is -2.27. The van der Waals surface area contributed by atoms with Crippen LogP contribution in [0.15, 0.2) is 12.1 Å². The molecule has 0 saturated carbocycles. The first-order chi connectivity index (χ1) is 10.1. The lowest BCUT2D eigenvalue weighted by molar-refractivity contribution is -0.124. The summed E-state index contributed by atoms with van der Waals surface area (Å²) in [5, 5.41) is 11.8. The van der Waals surface area contributed by atoms with Gasteiger partial charge >= 0.3 is 5.97 Å². The average molecular weight is 295 g/mol. The summed E-state index contributed by atoms with van der Waals surface area (Å²) in [6.45, 7) is 0.538. The molecule has 0 aliphatic carbocycles. The van der Waals surface area contributed by atoms with Crippen molar-refractivity contribution in [3.05, 3.63) is 17.7 Å². The maximum Gasteiger partial charge on any atom is 0.337 e. The maximum absolute atomic E-state index is 12.0. The fraction of sp³-hybridized carbons (Fsp3) is 0.429. The first kappa shape index (κ1) is 15.1. The second-order valence-corrected chi connectivity index (χ2v) is 4.55. The molecule has 1 fully saturated rings. The lowest BCUT2D eigenvalue weighted by atomic mass is 10.1. The number of carboxylic acid groups (broad SMARTS) is 1. The van der Waals surface area contributed by atoms with Crippen LogP contribution in [0, 0.1) is 0 Å². The van der Waals surface area contributed by atoms with Gasteiger partial charge < -0.3 is 24.6 Å². The molecule has 21 heavy (non-hydrogen) atoms. The quantitative estimate of drug-likeness (QED) is 0.855. The van der Waals surface area contributed by atoms with E-state index in [1.54, 1.807) is 0 Å². The smallest absolute Gasteiger partial charge is 0.337 e. The van der Waals surface area contributed by atoms with Crippen LogP contribution in [0.1, 0.15) is 23.2 Å². The molecule has 1 atom stereocenters. The second kappa shape index (κ2) is 6.45. The molecule has 7 nitrogen and oxygen atoms in total. The summed E-state index contributed by atoms with van der Waals surface area (Å²) < 4.78 is 15.5. The third-order valence-electron chi connectivity index (χ3n) is 3.23. The normalized spacial score (nSPS) is 17.3. The minimum absolute atomic E-state index is 0.0704. The molecule has 0 bridgehead atoms. The first-order valence-corrected chi connectivity index (χ1v) is 6.48. The van der Waals surface area contributed by atoms with Crippen LogP contribution < -0.4 is 14.8 Å². The van der Waals surface area contributed by atoms with Crippen LogP contribution in [-0.4, -0.2) is 43.9 Å². The fourth-order valence-electron chi connectivity index (χ4n) is 2.16. The molecule has 114 valence electrons. The van der Waals surface area contributed by atoms with E-state index in [1.165, 1.54) is 26.4 Å². The SMILES string of the molecule is COc1cc(NC(=O)[C@H]2CCCO2)c(C(=O)O)cc1OC. The Hall–Kier alpha value is -2.28. The van der Waals surface area contributed by atoms with Crippen molar-refractivity contribution < 1.29 is 28.9 Å². The van der Waals surface area contributed by atoms with Crippen LogP contribution >= 0.6 is 0 Å². The van der Waals surface area contributed by atoms with Crippen molar-refractivity contribution in [1.29, 1.82) is 0 Å². The summed E-state index contributed by atoms with van der Waals surface area (Å²) in [4.78, 5) is 23.4. The molecule has 1 aromatic carbocycles. The highest BCUT2D eigenvalue weighted by molar-refractivity contribution is 6.02. The van der Waals surface area contributed by atoms with Gasteiger partial charge in [-0.1, -0.05) is 0 Å². The van der Waals surface area contributed by atoms with Crippen LogP contribution in [0.25, 0.3) is 0 Å². The molecule has 2 rings (SSSR count). The van der Waals surface area contributed by atoms with Crippen LogP contribution in [-0.2, 0) is 9.53 Å². The van der Waals surface area contributed by atoms with Gasteiger partial charge in [-0.2, -0.15) is 0 Å². The number of nitrogens with one attached hydrogen (secondary N) is 1. The van der Waals surface area contributed by atoms with E-state index >= 15 is 0 Å². The molecule has 1 aromatic rings. The molecule has 0 radical (unpaired) electrons. The van der Waals surface area contributed by atoms with Crippen molar-refractivity contribution in [2.75, 3.05) is 26.1 Å². The van der Waals surface area contributed by atoms with E-state index in [9.17, 15) is 14.7 Å². The van der Waals surface area contributed by atoms with Crippen molar-refractivity contribution >= 4 is 17.6 Å². The van der Waals surface area contributed by atoms with Gasteiger partial charge in [0.05, 0.1) is 25.5 Å². The molecule has 1 amide bonds. The van der Waals surface area contributed by atoms with Crippen molar-refractivity contribution in [1.82, 2.24) is 0 Å². The van der Waals surface area contributed by atoms with Crippen LogP contribution in [0.3, 0.4) is 0 Å². The Morgan fingerprint density at radius 1 is 1.29 bits per heavy atom. The molecule has 0 aromatic heterocycles. The zero-order valence-corrected chi connectivity index (χ0v) is 11.8. The number of carbonyl (C=O) groups excluding carboxylic acids is 1. The summed E-state index contributed by atoms with van der Waals surface area (Å²) in [7, 11) is 2.85. The number of anilines is 1. The molecule has 0 spiro atoms. The molecule has 1 aliphatic rings. The maximum atomic E-state index is 12.0. The van der Waals surface area contributed by atoms with E-state index in [4.69, 9.17) is 14.2 Å². The van der Waals surface area contributed by atoms with Crippen molar-refractivity contribution in [2.45, 2.75) is 18.9 Å². The molecule has 1 aliphatic heterocycles. The number of amides is 1. The summed E-state index contributed by atoms with van der Waals surface area (Å²) in [6, 6.07) is 2.74. The van der Waals surface area contributed by atoms with Gasteiger partial charge in [0.15, 0.2) is 11.5 Å². The zero-order chi connectivity index (χ0) is 15.4. The molecule has 1 saturated heterocycles. The number of methoxy groups -OCH3 is 2. The van der Waals surface area contributed by atoms with Gasteiger partial charge in [-0.25, -0.2) is 4.79 Å². The highest BCUT2D eigenvalue weighted by Crippen LogP contribution is 2.33. The number of benzene rings is 1. The van der Waals surface area contributed by atoms with E-state index in [1.807, 2.05) is 0 Å². The summed E-state index contributed by atoms with van der Waals surface area (Å²) in [5.74, 6) is -0.907. The third-order valence-corrected chi connectivity index (χ3v) is 3.23. The predicted octanol–water partition coefficient (Wildman–Crippen LogP) is 1.52. The Morgan fingerprint density at radius 3 is 2.48 bits per heavy atom. The van der Waals surface area contributed by atoms with Gasteiger partial charge in [0.1, 0.15) is 6.10 Å². The van der Waals surface area contributed by atoms with Gasteiger partial charge in [-0.05, 0) is 12.8 Å². The Morgan fingerprint density at radius 2 is 1.95 bits per heavy atom. The minimum atomic E-state index is -1.17. The first-order valence-electron chi connectivity index (χ1n) is 6.48. The Labute approximate surface area is 121 Å². The molecule has 1 heterocycles. The Bertz CT molecular complexity index is 551. The number of hydrogen-bond donors (Lipinski definition) is 2. The van der Waals surface area contributed by atoms with Gasteiger partial charge in [-0.15, -0.1) is 0 Å². The average Bonchev–Trinajstić information content (AvgIpc) is 3.00. The minimum Gasteiger partial charge on any atom is -0.493 e. The van der Waals surface area contributed by atoms with E-state index in [0.29, 0.717) is 18.8 Å². The van der Waals surface area contributed by atoms with E-state index in [2.05, 4.69) is 5.32 Å². The lowest BCUT2D eigenvalue weighted by Gasteiger charge is -2.15. The highest BCUT2D eigenvalue weighted by Gasteiger charge is 2.25. The fourth-order valence-corrected chi connectivity index (χ4v) is 2.16. The second-order valence-electron chi connectivity index (χ2n) is 4.55. The topological polar surface area (TPSA) is 94.1 Å². The van der Waals surface area contributed by atoms with Crippen molar-refractivity contribution in [3.63, 3.8) is 0 Å². The monoisotopic (exact) mass is 295 g/mol. The Balaban J connectivity index is 2.31. The number of carboxylic acids is 1. The molecule has 0 unspecified atom stereocenters. The van der Waals surface area contributed by atoms with Crippen LogP contribution in [0.2, 0.25) is 0 Å².